The van der Waals surface area contributed by atoms with Gasteiger partial charge < -0.3 is 15.6 Å². The molecule has 0 radical (unpaired) electrons. The molecule has 0 fully saturated rings. The average molecular weight is 220 g/mol. The number of carbonyl (C=O) groups is 1. The number of nitriles is 1. The summed E-state index contributed by atoms with van der Waals surface area (Å²) in [5.41, 5.74) is 4.47. The SMILES string of the molecule is CC(N)(O)COC(=O)c1ccc(C#N)cc1. The Morgan fingerprint density at radius 2 is 2.12 bits per heavy atom. The van der Waals surface area contributed by atoms with Crippen molar-refractivity contribution in [2.45, 2.75) is 12.6 Å². The molecule has 84 valence electrons. The Morgan fingerprint density at radius 3 is 2.56 bits per heavy atom. The van der Waals surface area contributed by atoms with E-state index in [9.17, 15) is 4.79 Å². The zero-order valence-corrected chi connectivity index (χ0v) is 8.80. The van der Waals surface area contributed by atoms with Crippen molar-refractivity contribution in [3.63, 3.8) is 0 Å². The number of nitrogens with zero attached hydrogens (tertiary/aromatic N) is 1. The van der Waals surface area contributed by atoms with E-state index in [1.165, 1.54) is 31.2 Å². The number of ether oxygens (including phenoxy) is 1. The molecule has 3 N–H and O–H groups in total. The maximum absolute atomic E-state index is 11.4. The molecule has 5 heteroatoms. The maximum Gasteiger partial charge on any atom is 0.338 e. The maximum atomic E-state index is 11.4. The van der Waals surface area contributed by atoms with E-state index in [1.807, 2.05) is 6.07 Å². The first-order valence-electron chi connectivity index (χ1n) is 4.61. The van der Waals surface area contributed by atoms with Crippen molar-refractivity contribution in [3.8, 4) is 6.07 Å². The van der Waals surface area contributed by atoms with Crippen LogP contribution in [-0.4, -0.2) is 23.4 Å². The lowest BCUT2D eigenvalue weighted by Crippen LogP contribution is -2.41. The van der Waals surface area contributed by atoms with E-state index in [0.29, 0.717) is 11.1 Å². The fourth-order valence-corrected chi connectivity index (χ4v) is 0.976. The second-order valence-corrected chi connectivity index (χ2v) is 3.62. The quantitative estimate of drug-likeness (QED) is 0.567. The minimum Gasteiger partial charge on any atom is -0.458 e. The molecule has 1 rings (SSSR count). The van der Waals surface area contributed by atoms with Crippen LogP contribution in [0.5, 0.6) is 0 Å². The number of esters is 1. The molecule has 0 aliphatic heterocycles. The monoisotopic (exact) mass is 220 g/mol. The summed E-state index contributed by atoms with van der Waals surface area (Å²) in [6.07, 6.45) is 0. The van der Waals surface area contributed by atoms with Crippen LogP contribution in [0.1, 0.15) is 22.8 Å². The summed E-state index contributed by atoms with van der Waals surface area (Å²) in [5, 5.41) is 17.7. The van der Waals surface area contributed by atoms with Gasteiger partial charge in [-0.1, -0.05) is 0 Å². The fourth-order valence-electron chi connectivity index (χ4n) is 0.976. The largest absolute Gasteiger partial charge is 0.458 e. The molecule has 0 heterocycles. The minimum absolute atomic E-state index is 0.286. The normalized spacial score (nSPS) is 13.6. The van der Waals surface area contributed by atoms with Crippen LogP contribution in [0, 0.1) is 11.3 Å². The van der Waals surface area contributed by atoms with Crippen molar-refractivity contribution in [1.29, 1.82) is 5.26 Å². The molecule has 0 amide bonds. The average Bonchev–Trinajstić information content (AvgIpc) is 2.25. The summed E-state index contributed by atoms with van der Waals surface area (Å²) < 4.78 is 4.77. The van der Waals surface area contributed by atoms with Gasteiger partial charge in [-0.2, -0.15) is 5.26 Å². The molecule has 0 saturated carbocycles. The Balaban J connectivity index is 2.64. The van der Waals surface area contributed by atoms with Crippen LogP contribution in [0.3, 0.4) is 0 Å². The molecule has 16 heavy (non-hydrogen) atoms. The molecule has 0 aliphatic carbocycles. The number of rotatable bonds is 3. The van der Waals surface area contributed by atoms with Crippen LogP contribution < -0.4 is 5.73 Å². The highest BCUT2D eigenvalue weighted by Crippen LogP contribution is 2.06. The highest BCUT2D eigenvalue weighted by molar-refractivity contribution is 5.89. The van der Waals surface area contributed by atoms with Crippen molar-refractivity contribution in [3.05, 3.63) is 35.4 Å². The van der Waals surface area contributed by atoms with Gasteiger partial charge in [0, 0.05) is 0 Å². The van der Waals surface area contributed by atoms with Crippen LogP contribution in [-0.2, 0) is 4.74 Å². The Morgan fingerprint density at radius 1 is 1.56 bits per heavy atom. The van der Waals surface area contributed by atoms with Gasteiger partial charge in [0.05, 0.1) is 17.2 Å². The number of hydrogen-bond acceptors (Lipinski definition) is 5. The second-order valence-electron chi connectivity index (χ2n) is 3.62. The Bertz CT molecular complexity index is 412. The lowest BCUT2D eigenvalue weighted by atomic mass is 10.1. The molecule has 1 aromatic rings. The number of benzene rings is 1. The summed E-state index contributed by atoms with van der Waals surface area (Å²) >= 11 is 0. The van der Waals surface area contributed by atoms with E-state index >= 15 is 0 Å². The molecule has 0 bridgehead atoms. The third-order valence-electron chi connectivity index (χ3n) is 1.75. The predicted octanol–water partition coefficient (Wildman–Crippen LogP) is 0.382. The van der Waals surface area contributed by atoms with Gasteiger partial charge in [-0.25, -0.2) is 4.79 Å². The minimum atomic E-state index is -1.54. The lowest BCUT2D eigenvalue weighted by molar-refractivity contribution is -0.0170. The van der Waals surface area contributed by atoms with Crippen LogP contribution in [0.4, 0.5) is 0 Å². The summed E-state index contributed by atoms with van der Waals surface area (Å²) in [6.45, 7) is 1.05. The molecule has 1 atom stereocenters. The van der Waals surface area contributed by atoms with Crippen LogP contribution in [0.25, 0.3) is 0 Å². The summed E-state index contributed by atoms with van der Waals surface area (Å²) in [5.74, 6) is -0.588. The number of hydrogen-bond donors (Lipinski definition) is 2. The van der Waals surface area contributed by atoms with E-state index < -0.39 is 11.7 Å². The zero-order valence-electron chi connectivity index (χ0n) is 8.80. The van der Waals surface area contributed by atoms with E-state index in [0.717, 1.165) is 0 Å². The molecule has 5 nitrogen and oxygen atoms in total. The summed E-state index contributed by atoms with van der Waals surface area (Å²) in [4.78, 5) is 11.4. The molecule has 0 saturated heterocycles. The first-order chi connectivity index (χ1) is 7.42. The van der Waals surface area contributed by atoms with Crippen molar-refractivity contribution < 1.29 is 14.6 Å². The van der Waals surface area contributed by atoms with Gasteiger partial charge in [0.2, 0.25) is 0 Å². The molecule has 0 aromatic heterocycles. The third kappa shape index (κ3) is 3.69. The van der Waals surface area contributed by atoms with E-state index in [1.54, 1.807) is 0 Å². The van der Waals surface area contributed by atoms with Gasteiger partial charge in [0.15, 0.2) is 0 Å². The Kier molecular flexibility index (Phi) is 3.61. The topological polar surface area (TPSA) is 96.3 Å². The molecular formula is C11H12N2O3. The van der Waals surface area contributed by atoms with Crippen molar-refractivity contribution in [2.24, 2.45) is 5.73 Å². The van der Waals surface area contributed by atoms with Gasteiger partial charge in [-0.05, 0) is 31.2 Å². The van der Waals surface area contributed by atoms with Gasteiger partial charge >= 0.3 is 5.97 Å². The highest BCUT2D eigenvalue weighted by atomic mass is 16.5. The number of nitrogens with two attached hydrogens (primary N) is 1. The standard InChI is InChI=1S/C11H12N2O3/c1-11(13,15)7-16-10(14)9-4-2-8(6-12)3-5-9/h2-5,15H,7,13H2,1H3. The predicted molar refractivity (Wildman–Crippen MR) is 56.3 cm³/mol. The Hall–Kier alpha value is -1.90. The second kappa shape index (κ2) is 4.75. The van der Waals surface area contributed by atoms with Crippen LogP contribution >= 0.6 is 0 Å². The van der Waals surface area contributed by atoms with Gasteiger partial charge in [0.1, 0.15) is 12.3 Å². The summed E-state index contributed by atoms with van der Waals surface area (Å²) in [7, 11) is 0. The molecule has 1 aromatic carbocycles. The summed E-state index contributed by atoms with van der Waals surface area (Å²) in [6, 6.07) is 7.92. The van der Waals surface area contributed by atoms with Gasteiger partial charge in [0.25, 0.3) is 0 Å². The molecular weight excluding hydrogens is 208 g/mol. The first-order valence-corrected chi connectivity index (χ1v) is 4.61. The van der Waals surface area contributed by atoms with Crippen LogP contribution in [0.15, 0.2) is 24.3 Å². The van der Waals surface area contributed by atoms with Crippen molar-refractivity contribution in [2.75, 3.05) is 6.61 Å². The molecule has 0 aliphatic rings. The van der Waals surface area contributed by atoms with Gasteiger partial charge in [-0.15, -0.1) is 0 Å². The van der Waals surface area contributed by atoms with E-state index in [2.05, 4.69) is 0 Å². The van der Waals surface area contributed by atoms with Gasteiger partial charge in [-0.3, -0.25) is 0 Å². The molecule has 0 spiro atoms. The van der Waals surface area contributed by atoms with E-state index in [-0.39, 0.29) is 6.61 Å². The zero-order chi connectivity index (χ0) is 12.2. The fraction of sp³-hybridized carbons (Fsp3) is 0.273. The van der Waals surface area contributed by atoms with Crippen molar-refractivity contribution >= 4 is 5.97 Å². The number of carbonyl (C=O) groups excluding carboxylic acids is 1. The first kappa shape index (κ1) is 12.2. The smallest absolute Gasteiger partial charge is 0.338 e. The molecule has 1 unspecified atom stereocenters. The van der Waals surface area contributed by atoms with E-state index in [4.69, 9.17) is 20.8 Å². The Labute approximate surface area is 93.1 Å². The third-order valence-corrected chi connectivity index (χ3v) is 1.75. The highest BCUT2D eigenvalue weighted by Gasteiger charge is 2.16. The number of aliphatic hydroxyl groups is 1. The van der Waals surface area contributed by atoms with Crippen LogP contribution in [0.2, 0.25) is 0 Å². The lowest BCUT2D eigenvalue weighted by Gasteiger charge is -2.16. The van der Waals surface area contributed by atoms with Crippen molar-refractivity contribution in [1.82, 2.24) is 0 Å².